The molecule has 0 spiro atoms. The van der Waals surface area contributed by atoms with E-state index in [9.17, 15) is 0 Å². The van der Waals surface area contributed by atoms with Gasteiger partial charge >= 0.3 is 0 Å². The van der Waals surface area contributed by atoms with Crippen LogP contribution in [0.15, 0.2) is 12.1 Å². The zero-order valence-corrected chi connectivity index (χ0v) is 14.5. The van der Waals surface area contributed by atoms with Crippen LogP contribution in [0.4, 0.5) is 0 Å². The molecule has 1 fully saturated rings. The van der Waals surface area contributed by atoms with Gasteiger partial charge in [-0.1, -0.05) is 13.8 Å². The molecule has 2 rings (SSSR count). The fraction of sp³-hybridized carbons (Fsp3) is 0.765. The van der Waals surface area contributed by atoms with Gasteiger partial charge in [-0.15, -0.1) is 11.3 Å². The van der Waals surface area contributed by atoms with E-state index in [4.69, 9.17) is 0 Å². The second kappa shape index (κ2) is 7.06. The van der Waals surface area contributed by atoms with E-state index in [0.717, 1.165) is 12.5 Å². The Morgan fingerprint density at radius 1 is 1.40 bits per heavy atom. The summed E-state index contributed by atoms with van der Waals surface area (Å²) in [6, 6.07) is 6.45. The number of aryl methyl sites for hydroxylation is 1. The Kier molecular flexibility index (Phi) is 5.65. The van der Waals surface area contributed by atoms with Crippen LogP contribution in [-0.2, 0) is 0 Å². The number of thiophene rings is 1. The highest BCUT2D eigenvalue weighted by Crippen LogP contribution is 2.34. The molecular formula is C17H30N2S. The molecule has 1 saturated heterocycles. The fourth-order valence-corrected chi connectivity index (χ4v) is 4.35. The molecule has 1 aromatic heterocycles. The minimum atomic E-state index is 0.554. The summed E-state index contributed by atoms with van der Waals surface area (Å²) >= 11 is 1.95. The van der Waals surface area contributed by atoms with Crippen LogP contribution < -0.4 is 5.32 Å². The lowest BCUT2D eigenvalue weighted by atomic mass is 9.86. The third kappa shape index (κ3) is 3.44. The molecule has 0 aromatic carbocycles. The molecule has 0 saturated carbocycles. The summed E-state index contributed by atoms with van der Waals surface area (Å²) in [6.07, 6.45) is 2.51. The van der Waals surface area contributed by atoms with E-state index < -0.39 is 0 Å². The molecule has 2 nitrogen and oxygen atoms in total. The number of hydrogen-bond donors (Lipinski definition) is 1. The number of hydrogen-bond acceptors (Lipinski definition) is 3. The van der Waals surface area contributed by atoms with Crippen LogP contribution >= 0.6 is 11.3 Å². The van der Waals surface area contributed by atoms with Crippen LogP contribution in [0.2, 0.25) is 0 Å². The number of rotatable bonds is 5. The van der Waals surface area contributed by atoms with Crippen molar-refractivity contribution < 1.29 is 0 Å². The molecule has 0 amide bonds. The lowest BCUT2D eigenvalue weighted by Crippen LogP contribution is -2.53. The summed E-state index contributed by atoms with van der Waals surface area (Å²) in [5.41, 5.74) is 0. The molecule has 2 heterocycles. The zero-order chi connectivity index (χ0) is 14.7. The van der Waals surface area contributed by atoms with Crippen LogP contribution in [0.1, 0.15) is 56.3 Å². The largest absolute Gasteiger partial charge is 0.314 e. The van der Waals surface area contributed by atoms with E-state index in [1.54, 1.807) is 0 Å². The minimum Gasteiger partial charge on any atom is -0.314 e. The number of nitrogens with zero attached hydrogens (tertiary/aromatic N) is 1. The lowest BCUT2D eigenvalue weighted by molar-refractivity contribution is 0.0537. The summed E-state index contributed by atoms with van der Waals surface area (Å²) in [4.78, 5) is 5.63. The Balaban J connectivity index is 2.00. The van der Waals surface area contributed by atoms with Gasteiger partial charge in [0.25, 0.3) is 0 Å². The van der Waals surface area contributed by atoms with Crippen molar-refractivity contribution in [2.75, 3.05) is 13.1 Å². The first-order valence-corrected chi connectivity index (χ1v) is 8.91. The predicted octanol–water partition coefficient (Wildman–Crippen LogP) is 4.22. The van der Waals surface area contributed by atoms with Crippen molar-refractivity contribution in [2.24, 2.45) is 5.92 Å². The van der Waals surface area contributed by atoms with E-state index in [-0.39, 0.29) is 0 Å². The molecule has 0 aliphatic carbocycles. The summed E-state index contributed by atoms with van der Waals surface area (Å²) in [5.74, 6) is 0.721. The van der Waals surface area contributed by atoms with Gasteiger partial charge in [-0.25, -0.2) is 0 Å². The summed E-state index contributed by atoms with van der Waals surface area (Å²) in [6.45, 7) is 14.0. The molecule has 1 N–H and O–H groups in total. The number of piperidine rings is 1. The summed E-state index contributed by atoms with van der Waals surface area (Å²) < 4.78 is 0. The SMILES string of the molecule is CCCNC1CCN(C(C)c2ccc(C)s2)C(C)C1C. The van der Waals surface area contributed by atoms with Crippen molar-refractivity contribution in [3.8, 4) is 0 Å². The zero-order valence-electron chi connectivity index (χ0n) is 13.6. The van der Waals surface area contributed by atoms with E-state index in [1.807, 2.05) is 11.3 Å². The van der Waals surface area contributed by atoms with Crippen molar-refractivity contribution in [1.29, 1.82) is 0 Å². The number of nitrogens with one attached hydrogen (secondary N) is 1. The van der Waals surface area contributed by atoms with Gasteiger partial charge in [0.15, 0.2) is 0 Å². The van der Waals surface area contributed by atoms with Crippen molar-refractivity contribution >= 4 is 11.3 Å². The molecule has 1 aliphatic rings. The monoisotopic (exact) mass is 294 g/mol. The standard InChI is InChI=1S/C17H30N2S/c1-6-10-18-16-9-11-19(14(4)13(16)3)15(5)17-8-7-12(2)20-17/h7-8,13-16,18H,6,9-11H2,1-5H3. The van der Waals surface area contributed by atoms with Crippen LogP contribution in [0, 0.1) is 12.8 Å². The molecular weight excluding hydrogens is 264 g/mol. The van der Waals surface area contributed by atoms with Crippen LogP contribution in [0.3, 0.4) is 0 Å². The predicted molar refractivity (Wildman–Crippen MR) is 89.5 cm³/mol. The Hall–Kier alpha value is -0.380. The van der Waals surface area contributed by atoms with Gasteiger partial charge in [0.2, 0.25) is 0 Å². The van der Waals surface area contributed by atoms with Crippen molar-refractivity contribution in [3.05, 3.63) is 21.9 Å². The molecule has 0 bridgehead atoms. The van der Waals surface area contributed by atoms with Gasteiger partial charge in [-0.3, -0.25) is 4.90 Å². The third-order valence-corrected chi connectivity index (χ3v) is 6.11. The average Bonchev–Trinajstić information content (AvgIpc) is 2.86. The smallest absolute Gasteiger partial charge is 0.0416 e. The molecule has 20 heavy (non-hydrogen) atoms. The highest BCUT2D eigenvalue weighted by molar-refractivity contribution is 7.12. The van der Waals surface area contributed by atoms with E-state index in [1.165, 1.54) is 29.1 Å². The van der Waals surface area contributed by atoms with Gasteiger partial charge in [-0.2, -0.15) is 0 Å². The lowest BCUT2D eigenvalue weighted by Gasteiger charge is -2.45. The van der Waals surface area contributed by atoms with E-state index >= 15 is 0 Å². The molecule has 3 heteroatoms. The highest BCUT2D eigenvalue weighted by atomic mass is 32.1. The third-order valence-electron chi connectivity index (χ3n) is 4.94. The molecule has 1 aromatic rings. The summed E-state index contributed by atoms with van der Waals surface area (Å²) in [7, 11) is 0. The molecule has 4 unspecified atom stereocenters. The second-order valence-corrected chi connectivity index (χ2v) is 7.63. The quantitative estimate of drug-likeness (QED) is 0.875. The maximum Gasteiger partial charge on any atom is 0.0416 e. The van der Waals surface area contributed by atoms with Crippen LogP contribution in [0.5, 0.6) is 0 Å². The fourth-order valence-electron chi connectivity index (χ4n) is 3.40. The highest BCUT2D eigenvalue weighted by Gasteiger charge is 2.34. The summed E-state index contributed by atoms with van der Waals surface area (Å²) in [5, 5.41) is 3.73. The normalized spacial score (nSPS) is 29.6. The maximum atomic E-state index is 3.73. The second-order valence-electron chi connectivity index (χ2n) is 6.31. The van der Waals surface area contributed by atoms with Crippen molar-refractivity contribution in [3.63, 3.8) is 0 Å². The maximum absolute atomic E-state index is 3.73. The molecule has 0 radical (unpaired) electrons. The first-order valence-electron chi connectivity index (χ1n) is 8.10. The van der Waals surface area contributed by atoms with Crippen molar-refractivity contribution in [2.45, 2.75) is 65.6 Å². The molecule has 1 aliphatic heterocycles. The minimum absolute atomic E-state index is 0.554. The Labute approximate surface area is 128 Å². The first kappa shape index (κ1) is 16.0. The van der Waals surface area contributed by atoms with E-state index in [0.29, 0.717) is 18.1 Å². The van der Waals surface area contributed by atoms with Gasteiger partial charge < -0.3 is 5.32 Å². The van der Waals surface area contributed by atoms with Crippen molar-refractivity contribution in [1.82, 2.24) is 10.2 Å². The topological polar surface area (TPSA) is 15.3 Å². The average molecular weight is 295 g/mol. The molecule has 4 atom stereocenters. The van der Waals surface area contributed by atoms with E-state index in [2.05, 4.69) is 57.0 Å². The number of likely N-dealkylation sites (tertiary alicyclic amines) is 1. The Bertz CT molecular complexity index is 415. The van der Waals surface area contributed by atoms with Gasteiger partial charge in [0, 0.05) is 34.4 Å². The molecule has 114 valence electrons. The Morgan fingerprint density at radius 2 is 2.15 bits per heavy atom. The van der Waals surface area contributed by atoms with Crippen LogP contribution in [-0.4, -0.2) is 30.1 Å². The Morgan fingerprint density at radius 3 is 2.75 bits per heavy atom. The van der Waals surface area contributed by atoms with Crippen LogP contribution in [0.25, 0.3) is 0 Å². The van der Waals surface area contributed by atoms with Gasteiger partial charge in [-0.05, 0) is 58.2 Å². The van der Waals surface area contributed by atoms with Gasteiger partial charge in [0.05, 0.1) is 0 Å². The first-order chi connectivity index (χ1) is 9.54. The van der Waals surface area contributed by atoms with Gasteiger partial charge in [0.1, 0.15) is 0 Å².